The molecule has 1 aromatic carbocycles. The molecule has 1 aromatic heterocycles. The number of aryl methyl sites for hydroxylation is 1. The van der Waals surface area contributed by atoms with E-state index < -0.39 is 0 Å². The Hall–Kier alpha value is -1.69. The van der Waals surface area contributed by atoms with Gasteiger partial charge in [-0.15, -0.1) is 5.10 Å². The molecule has 0 bridgehead atoms. The highest BCUT2D eigenvalue weighted by molar-refractivity contribution is 7.99. The van der Waals surface area contributed by atoms with Crippen LogP contribution < -0.4 is 11.4 Å². The van der Waals surface area contributed by atoms with Crippen LogP contribution in [-0.2, 0) is 0 Å². The van der Waals surface area contributed by atoms with Gasteiger partial charge in [-0.1, -0.05) is 6.07 Å². The molecule has 0 amide bonds. The molecule has 0 atom stereocenters. The molecule has 0 unspecified atom stereocenters. The van der Waals surface area contributed by atoms with Crippen LogP contribution in [-0.4, -0.2) is 14.8 Å². The first kappa shape index (κ1) is 12.8. The molecular formula is C12H16N4OS. The molecule has 0 spiro atoms. The predicted molar refractivity (Wildman–Crippen MR) is 72.9 cm³/mol. The molecular weight excluding hydrogens is 248 g/mol. The van der Waals surface area contributed by atoms with Crippen molar-refractivity contribution in [1.29, 1.82) is 0 Å². The second-order valence-electron chi connectivity index (χ2n) is 4.42. The third-order valence-corrected chi connectivity index (χ3v) is 3.62. The van der Waals surface area contributed by atoms with Gasteiger partial charge >= 0.3 is 5.69 Å². The van der Waals surface area contributed by atoms with E-state index in [1.165, 1.54) is 11.8 Å². The maximum absolute atomic E-state index is 11.6. The number of aromatic amines is 1. The Morgan fingerprint density at radius 3 is 2.78 bits per heavy atom. The molecule has 0 radical (unpaired) electrons. The van der Waals surface area contributed by atoms with Crippen molar-refractivity contribution in [1.82, 2.24) is 14.8 Å². The number of H-pyrrole nitrogens is 1. The number of benzene rings is 1. The first-order valence-electron chi connectivity index (χ1n) is 5.70. The van der Waals surface area contributed by atoms with Crippen molar-refractivity contribution in [2.24, 2.45) is 0 Å². The van der Waals surface area contributed by atoms with E-state index in [-0.39, 0.29) is 11.7 Å². The normalized spacial score (nSPS) is 11.1. The molecule has 0 saturated heterocycles. The van der Waals surface area contributed by atoms with Crippen molar-refractivity contribution in [3.63, 3.8) is 0 Å². The summed E-state index contributed by atoms with van der Waals surface area (Å²) in [6.45, 7) is 5.88. The average Bonchev–Trinajstić information content (AvgIpc) is 2.64. The predicted octanol–water partition coefficient (Wildman–Crippen LogP) is 2.19. The quantitative estimate of drug-likeness (QED) is 0.833. The van der Waals surface area contributed by atoms with Gasteiger partial charge in [-0.3, -0.25) is 4.57 Å². The minimum absolute atomic E-state index is 0.0606. The number of rotatable bonds is 3. The lowest BCUT2D eigenvalue weighted by Gasteiger charge is -2.09. The highest BCUT2D eigenvalue weighted by Gasteiger charge is 2.13. The molecule has 0 saturated carbocycles. The molecule has 0 aliphatic carbocycles. The number of nitrogens with one attached hydrogen (secondary N) is 1. The second-order valence-corrected chi connectivity index (χ2v) is 5.43. The summed E-state index contributed by atoms with van der Waals surface area (Å²) >= 11 is 1.39. The van der Waals surface area contributed by atoms with Crippen molar-refractivity contribution in [2.75, 3.05) is 5.73 Å². The maximum atomic E-state index is 11.6. The summed E-state index contributed by atoms with van der Waals surface area (Å²) in [4.78, 5) is 12.5. The summed E-state index contributed by atoms with van der Waals surface area (Å²) in [5, 5.41) is 7.12. The number of aromatic nitrogens is 3. The summed E-state index contributed by atoms with van der Waals surface area (Å²) in [5.74, 6) is 0. The topological polar surface area (TPSA) is 76.7 Å². The first-order valence-corrected chi connectivity index (χ1v) is 6.51. The standard InChI is InChI=1S/C12H16N4OS/c1-7(2)16-11(17)14-15-12(16)18-10-5-4-8(3)6-9(10)13/h4-7H,13H2,1-3H3,(H,14,17). The largest absolute Gasteiger partial charge is 0.398 e. The van der Waals surface area contributed by atoms with Crippen LogP contribution in [0.25, 0.3) is 0 Å². The fourth-order valence-corrected chi connectivity index (χ4v) is 2.67. The van der Waals surface area contributed by atoms with Gasteiger partial charge in [-0.05, 0) is 50.2 Å². The van der Waals surface area contributed by atoms with Crippen molar-refractivity contribution >= 4 is 17.4 Å². The SMILES string of the molecule is Cc1ccc(Sc2n[nH]c(=O)n2C(C)C)c(N)c1. The van der Waals surface area contributed by atoms with E-state index >= 15 is 0 Å². The van der Waals surface area contributed by atoms with Crippen LogP contribution >= 0.6 is 11.8 Å². The zero-order valence-electron chi connectivity index (χ0n) is 10.6. The Bertz CT molecular complexity index is 615. The van der Waals surface area contributed by atoms with E-state index in [0.29, 0.717) is 10.8 Å². The third kappa shape index (κ3) is 2.43. The van der Waals surface area contributed by atoms with Crippen molar-refractivity contribution < 1.29 is 0 Å². The van der Waals surface area contributed by atoms with E-state index in [1.807, 2.05) is 39.0 Å². The Balaban J connectivity index is 2.37. The van der Waals surface area contributed by atoms with Gasteiger partial charge < -0.3 is 5.73 Å². The maximum Gasteiger partial charge on any atom is 0.344 e. The minimum Gasteiger partial charge on any atom is -0.398 e. The van der Waals surface area contributed by atoms with Crippen molar-refractivity contribution in [3.8, 4) is 0 Å². The first-order chi connectivity index (χ1) is 8.49. The van der Waals surface area contributed by atoms with E-state index in [9.17, 15) is 4.79 Å². The Morgan fingerprint density at radius 1 is 1.44 bits per heavy atom. The van der Waals surface area contributed by atoms with Gasteiger partial charge in [0.05, 0.1) is 0 Å². The van der Waals surface area contributed by atoms with Gasteiger partial charge in [-0.2, -0.15) is 0 Å². The minimum atomic E-state index is -0.196. The summed E-state index contributed by atoms with van der Waals surface area (Å²) in [5.41, 5.74) is 7.57. The summed E-state index contributed by atoms with van der Waals surface area (Å²) in [6, 6.07) is 5.90. The lowest BCUT2D eigenvalue weighted by molar-refractivity contribution is 0.534. The molecule has 96 valence electrons. The fourth-order valence-electron chi connectivity index (χ4n) is 1.68. The van der Waals surface area contributed by atoms with Crippen molar-refractivity contribution in [3.05, 3.63) is 34.2 Å². The van der Waals surface area contributed by atoms with Crippen LogP contribution in [0.4, 0.5) is 5.69 Å². The molecule has 6 heteroatoms. The van der Waals surface area contributed by atoms with Crippen molar-refractivity contribution in [2.45, 2.75) is 36.9 Å². The summed E-state index contributed by atoms with van der Waals surface area (Å²) in [7, 11) is 0. The molecule has 1 heterocycles. The summed E-state index contributed by atoms with van der Waals surface area (Å²) in [6.07, 6.45) is 0. The smallest absolute Gasteiger partial charge is 0.344 e. The van der Waals surface area contributed by atoms with Crippen LogP contribution in [0.2, 0.25) is 0 Å². The van der Waals surface area contributed by atoms with Gasteiger partial charge in [0.25, 0.3) is 0 Å². The van der Waals surface area contributed by atoms with Gasteiger partial charge in [-0.25, -0.2) is 9.89 Å². The highest BCUT2D eigenvalue weighted by atomic mass is 32.2. The molecule has 2 aromatic rings. The highest BCUT2D eigenvalue weighted by Crippen LogP contribution is 2.31. The molecule has 3 N–H and O–H groups in total. The van der Waals surface area contributed by atoms with Gasteiger partial charge in [0.15, 0.2) is 5.16 Å². The van der Waals surface area contributed by atoms with Crippen LogP contribution in [0.1, 0.15) is 25.5 Å². The second kappa shape index (κ2) is 4.89. The molecule has 0 fully saturated rings. The van der Waals surface area contributed by atoms with Crippen LogP contribution in [0.15, 0.2) is 33.0 Å². The van der Waals surface area contributed by atoms with Gasteiger partial charge in [0, 0.05) is 16.6 Å². The van der Waals surface area contributed by atoms with E-state index in [2.05, 4.69) is 10.2 Å². The van der Waals surface area contributed by atoms with E-state index in [4.69, 9.17) is 5.73 Å². The lowest BCUT2D eigenvalue weighted by atomic mass is 10.2. The van der Waals surface area contributed by atoms with E-state index in [0.717, 1.165) is 10.5 Å². The monoisotopic (exact) mass is 264 g/mol. The van der Waals surface area contributed by atoms with Gasteiger partial charge in [0.2, 0.25) is 0 Å². The molecule has 5 nitrogen and oxygen atoms in total. The van der Waals surface area contributed by atoms with E-state index in [1.54, 1.807) is 4.57 Å². The molecule has 0 aliphatic rings. The lowest BCUT2D eigenvalue weighted by Crippen LogP contribution is -2.19. The average molecular weight is 264 g/mol. The number of nitrogens with zero attached hydrogens (tertiary/aromatic N) is 2. The Labute approximate surface area is 109 Å². The zero-order chi connectivity index (χ0) is 13.3. The number of anilines is 1. The van der Waals surface area contributed by atoms with Crippen LogP contribution in [0, 0.1) is 6.92 Å². The Kier molecular flexibility index (Phi) is 3.47. The zero-order valence-corrected chi connectivity index (χ0v) is 11.4. The number of nitrogens with two attached hydrogens (primary N) is 1. The number of hydrogen-bond acceptors (Lipinski definition) is 4. The van der Waals surface area contributed by atoms with Crippen LogP contribution in [0.5, 0.6) is 0 Å². The van der Waals surface area contributed by atoms with Gasteiger partial charge in [0.1, 0.15) is 0 Å². The van der Waals surface area contributed by atoms with Crippen LogP contribution in [0.3, 0.4) is 0 Å². The Morgan fingerprint density at radius 2 is 2.17 bits per heavy atom. The fraction of sp³-hybridized carbons (Fsp3) is 0.333. The summed E-state index contributed by atoms with van der Waals surface area (Å²) < 4.78 is 1.62. The molecule has 18 heavy (non-hydrogen) atoms. The molecule has 2 rings (SSSR count). The third-order valence-electron chi connectivity index (χ3n) is 2.56. The molecule has 0 aliphatic heterocycles. The number of hydrogen-bond donors (Lipinski definition) is 2. The number of nitrogen functional groups attached to an aromatic ring is 1.